The summed E-state index contributed by atoms with van der Waals surface area (Å²) in [5, 5.41) is 12.4. The summed E-state index contributed by atoms with van der Waals surface area (Å²) in [4.78, 5) is 15.9. The van der Waals surface area contributed by atoms with Gasteiger partial charge in [-0.2, -0.15) is 0 Å². The van der Waals surface area contributed by atoms with Gasteiger partial charge in [-0.1, -0.05) is 6.07 Å². The first-order chi connectivity index (χ1) is 8.68. The molecule has 2 N–H and O–H groups in total. The molecule has 1 aromatic heterocycles. The van der Waals surface area contributed by atoms with Gasteiger partial charge in [-0.05, 0) is 36.8 Å². The standard InChI is InChI=1S/C14H14N2O2/c1-10-12(3-2-4-13(10)17)14(18)16-9-11-5-7-15-8-6-11/h2-8,17H,9H2,1H3,(H,16,18). The Morgan fingerprint density at radius 2 is 2.00 bits per heavy atom. The Hall–Kier alpha value is -2.36. The predicted molar refractivity (Wildman–Crippen MR) is 68.3 cm³/mol. The molecule has 0 atom stereocenters. The van der Waals surface area contributed by atoms with E-state index in [0.717, 1.165) is 5.56 Å². The lowest BCUT2D eigenvalue weighted by molar-refractivity contribution is 0.0950. The molecule has 2 aromatic rings. The van der Waals surface area contributed by atoms with Crippen molar-refractivity contribution in [3.8, 4) is 5.75 Å². The lowest BCUT2D eigenvalue weighted by Gasteiger charge is -2.08. The van der Waals surface area contributed by atoms with E-state index in [9.17, 15) is 9.90 Å². The number of aromatic nitrogens is 1. The summed E-state index contributed by atoms with van der Waals surface area (Å²) in [5.74, 6) is -0.0632. The van der Waals surface area contributed by atoms with E-state index in [-0.39, 0.29) is 11.7 Å². The number of phenolic OH excluding ortho intramolecular Hbond substituents is 1. The number of carbonyl (C=O) groups is 1. The number of hydrogen-bond donors (Lipinski definition) is 2. The molecule has 2 rings (SSSR count). The molecular formula is C14H14N2O2. The lowest BCUT2D eigenvalue weighted by atomic mass is 10.1. The normalized spacial score (nSPS) is 10.1. The van der Waals surface area contributed by atoms with Gasteiger partial charge in [0, 0.05) is 30.1 Å². The molecule has 0 aliphatic carbocycles. The van der Waals surface area contributed by atoms with Crippen LogP contribution in [0.3, 0.4) is 0 Å². The number of hydrogen-bond acceptors (Lipinski definition) is 3. The molecule has 0 aliphatic rings. The zero-order valence-electron chi connectivity index (χ0n) is 10.1. The number of benzene rings is 1. The predicted octanol–water partition coefficient (Wildman–Crippen LogP) is 2.03. The Kier molecular flexibility index (Phi) is 3.57. The second kappa shape index (κ2) is 5.31. The van der Waals surface area contributed by atoms with Crippen molar-refractivity contribution >= 4 is 5.91 Å². The average Bonchev–Trinajstić information content (AvgIpc) is 2.40. The number of aromatic hydroxyl groups is 1. The van der Waals surface area contributed by atoms with E-state index in [2.05, 4.69) is 10.3 Å². The van der Waals surface area contributed by atoms with Gasteiger partial charge in [-0.15, -0.1) is 0 Å². The van der Waals surface area contributed by atoms with Gasteiger partial charge in [0.15, 0.2) is 0 Å². The molecule has 18 heavy (non-hydrogen) atoms. The van der Waals surface area contributed by atoms with Gasteiger partial charge >= 0.3 is 0 Å². The van der Waals surface area contributed by atoms with Crippen molar-refractivity contribution < 1.29 is 9.90 Å². The maximum Gasteiger partial charge on any atom is 0.251 e. The SMILES string of the molecule is Cc1c(O)cccc1C(=O)NCc1ccncc1. The highest BCUT2D eigenvalue weighted by Gasteiger charge is 2.10. The molecule has 0 fully saturated rings. The Balaban J connectivity index is 2.07. The molecule has 0 spiro atoms. The number of pyridine rings is 1. The lowest BCUT2D eigenvalue weighted by Crippen LogP contribution is -2.23. The Bertz CT molecular complexity index is 553. The minimum Gasteiger partial charge on any atom is -0.508 e. The molecule has 1 amide bonds. The van der Waals surface area contributed by atoms with Crippen molar-refractivity contribution in [1.29, 1.82) is 0 Å². The van der Waals surface area contributed by atoms with Crippen molar-refractivity contribution in [2.45, 2.75) is 13.5 Å². The summed E-state index contributed by atoms with van der Waals surface area (Å²) < 4.78 is 0. The first kappa shape index (κ1) is 12.1. The number of carbonyl (C=O) groups excluding carboxylic acids is 1. The van der Waals surface area contributed by atoms with Crippen LogP contribution in [-0.2, 0) is 6.54 Å². The van der Waals surface area contributed by atoms with Gasteiger partial charge < -0.3 is 10.4 Å². The van der Waals surface area contributed by atoms with E-state index < -0.39 is 0 Å². The second-order valence-corrected chi connectivity index (χ2v) is 3.99. The van der Waals surface area contributed by atoms with Crippen LogP contribution in [0.4, 0.5) is 0 Å². The first-order valence-electron chi connectivity index (χ1n) is 5.64. The molecule has 1 aromatic carbocycles. The minimum atomic E-state index is -0.194. The van der Waals surface area contributed by atoms with Crippen molar-refractivity contribution in [1.82, 2.24) is 10.3 Å². The Labute approximate surface area is 105 Å². The minimum absolute atomic E-state index is 0.131. The van der Waals surface area contributed by atoms with Crippen LogP contribution < -0.4 is 5.32 Å². The average molecular weight is 242 g/mol. The third-order valence-corrected chi connectivity index (χ3v) is 2.75. The molecule has 0 bridgehead atoms. The highest BCUT2D eigenvalue weighted by atomic mass is 16.3. The number of rotatable bonds is 3. The molecule has 0 saturated carbocycles. The summed E-state index contributed by atoms with van der Waals surface area (Å²) in [7, 11) is 0. The number of phenols is 1. The fourth-order valence-corrected chi connectivity index (χ4v) is 1.65. The van der Waals surface area contributed by atoms with Gasteiger partial charge in [0.25, 0.3) is 5.91 Å². The maximum absolute atomic E-state index is 12.0. The van der Waals surface area contributed by atoms with Gasteiger partial charge in [-0.25, -0.2) is 0 Å². The van der Waals surface area contributed by atoms with E-state index >= 15 is 0 Å². The fourth-order valence-electron chi connectivity index (χ4n) is 1.65. The van der Waals surface area contributed by atoms with Gasteiger partial charge in [0.2, 0.25) is 0 Å². The number of amides is 1. The van der Waals surface area contributed by atoms with Crippen LogP contribution in [0, 0.1) is 6.92 Å². The smallest absolute Gasteiger partial charge is 0.251 e. The fraction of sp³-hybridized carbons (Fsp3) is 0.143. The van der Waals surface area contributed by atoms with Crippen LogP contribution in [0.1, 0.15) is 21.5 Å². The first-order valence-corrected chi connectivity index (χ1v) is 5.64. The van der Waals surface area contributed by atoms with Crippen LogP contribution in [0.15, 0.2) is 42.7 Å². The quantitative estimate of drug-likeness (QED) is 0.865. The Morgan fingerprint density at radius 1 is 1.28 bits per heavy atom. The third-order valence-electron chi connectivity index (χ3n) is 2.75. The van der Waals surface area contributed by atoms with Crippen LogP contribution >= 0.6 is 0 Å². The van der Waals surface area contributed by atoms with Crippen LogP contribution in [0.2, 0.25) is 0 Å². The monoisotopic (exact) mass is 242 g/mol. The van der Waals surface area contributed by atoms with Gasteiger partial charge in [0.1, 0.15) is 5.75 Å². The third kappa shape index (κ3) is 2.66. The topological polar surface area (TPSA) is 62.2 Å². The van der Waals surface area contributed by atoms with E-state index in [0.29, 0.717) is 17.7 Å². The van der Waals surface area contributed by atoms with E-state index in [1.54, 1.807) is 37.5 Å². The zero-order valence-corrected chi connectivity index (χ0v) is 10.1. The van der Waals surface area contributed by atoms with E-state index in [1.165, 1.54) is 0 Å². The highest BCUT2D eigenvalue weighted by Crippen LogP contribution is 2.19. The summed E-state index contributed by atoms with van der Waals surface area (Å²) >= 11 is 0. The molecule has 0 radical (unpaired) electrons. The number of nitrogens with zero attached hydrogens (tertiary/aromatic N) is 1. The largest absolute Gasteiger partial charge is 0.508 e. The molecule has 0 saturated heterocycles. The van der Waals surface area contributed by atoms with Crippen molar-refractivity contribution in [3.05, 3.63) is 59.4 Å². The van der Waals surface area contributed by atoms with Crippen LogP contribution in [0.5, 0.6) is 5.75 Å². The maximum atomic E-state index is 12.0. The Morgan fingerprint density at radius 3 is 2.72 bits per heavy atom. The zero-order chi connectivity index (χ0) is 13.0. The van der Waals surface area contributed by atoms with Crippen LogP contribution in [-0.4, -0.2) is 16.0 Å². The highest BCUT2D eigenvalue weighted by molar-refractivity contribution is 5.96. The molecule has 0 unspecified atom stereocenters. The molecule has 4 nitrogen and oxygen atoms in total. The summed E-state index contributed by atoms with van der Waals surface area (Å²) in [6.07, 6.45) is 3.36. The van der Waals surface area contributed by atoms with E-state index in [4.69, 9.17) is 0 Å². The second-order valence-electron chi connectivity index (χ2n) is 3.99. The molecular weight excluding hydrogens is 228 g/mol. The summed E-state index contributed by atoms with van der Waals surface area (Å²) in [5.41, 5.74) is 2.06. The molecule has 4 heteroatoms. The summed E-state index contributed by atoms with van der Waals surface area (Å²) in [6, 6.07) is 8.60. The van der Waals surface area contributed by atoms with Crippen LogP contribution in [0.25, 0.3) is 0 Å². The van der Waals surface area contributed by atoms with Crippen molar-refractivity contribution in [2.75, 3.05) is 0 Å². The van der Waals surface area contributed by atoms with Gasteiger partial charge in [0.05, 0.1) is 0 Å². The number of nitrogens with one attached hydrogen (secondary N) is 1. The molecule has 1 heterocycles. The molecule has 92 valence electrons. The van der Waals surface area contributed by atoms with E-state index in [1.807, 2.05) is 12.1 Å². The molecule has 0 aliphatic heterocycles. The van der Waals surface area contributed by atoms with Gasteiger partial charge in [-0.3, -0.25) is 9.78 Å². The van der Waals surface area contributed by atoms with Crippen molar-refractivity contribution in [3.63, 3.8) is 0 Å². The van der Waals surface area contributed by atoms with Crippen molar-refractivity contribution in [2.24, 2.45) is 0 Å². The summed E-state index contributed by atoms with van der Waals surface area (Å²) in [6.45, 7) is 2.16.